The largest absolute Gasteiger partial charge is 0.383 e. The van der Waals surface area contributed by atoms with Crippen molar-refractivity contribution in [3.8, 4) is 11.3 Å². The zero-order chi connectivity index (χ0) is 17.5. The van der Waals surface area contributed by atoms with E-state index in [2.05, 4.69) is 41.5 Å². The molecular weight excluding hydrogens is 328 g/mol. The van der Waals surface area contributed by atoms with Gasteiger partial charge in [-0.3, -0.25) is 5.10 Å². The summed E-state index contributed by atoms with van der Waals surface area (Å²) in [7, 11) is 0. The Balaban J connectivity index is 1.32. The van der Waals surface area contributed by atoms with E-state index in [1.165, 1.54) is 12.8 Å². The number of anilines is 2. The first kappa shape index (κ1) is 14.9. The molecule has 4 aromatic heterocycles. The number of nitrogens with zero attached hydrogens (tertiary/aromatic N) is 4. The first-order valence-corrected chi connectivity index (χ1v) is 8.60. The van der Waals surface area contributed by atoms with Gasteiger partial charge in [0.05, 0.1) is 11.3 Å². The lowest BCUT2D eigenvalue weighted by molar-refractivity contribution is 0.966. The van der Waals surface area contributed by atoms with Gasteiger partial charge in [-0.05, 0) is 36.6 Å². The van der Waals surface area contributed by atoms with E-state index in [9.17, 15) is 0 Å². The van der Waals surface area contributed by atoms with Gasteiger partial charge in [-0.25, -0.2) is 9.97 Å². The number of nitrogens with two attached hydrogens (primary N) is 1. The highest BCUT2D eigenvalue weighted by Gasteiger charge is 2.26. The van der Waals surface area contributed by atoms with Crippen molar-refractivity contribution in [1.29, 1.82) is 0 Å². The van der Waals surface area contributed by atoms with Gasteiger partial charge in [0.15, 0.2) is 0 Å². The van der Waals surface area contributed by atoms with E-state index in [0.29, 0.717) is 24.2 Å². The van der Waals surface area contributed by atoms with E-state index in [4.69, 9.17) is 5.73 Å². The lowest BCUT2D eigenvalue weighted by Crippen LogP contribution is -2.06. The molecule has 1 saturated carbocycles. The van der Waals surface area contributed by atoms with Crippen molar-refractivity contribution in [3.63, 3.8) is 0 Å². The molecule has 0 amide bonds. The second-order valence-electron chi connectivity index (χ2n) is 6.59. The smallest absolute Gasteiger partial charge is 0.224 e. The highest BCUT2D eigenvalue weighted by Crippen LogP contribution is 2.40. The van der Waals surface area contributed by atoms with Crippen molar-refractivity contribution in [2.75, 3.05) is 11.1 Å². The Kier molecular flexibility index (Phi) is 3.34. The molecule has 8 heteroatoms. The summed E-state index contributed by atoms with van der Waals surface area (Å²) >= 11 is 0. The molecule has 0 aromatic carbocycles. The van der Waals surface area contributed by atoms with Crippen LogP contribution in [0.4, 0.5) is 11.8 Å². The van der Waals surface area contributed by atoms with Gasteiger partial charge in [0.1, 0.15) is 11.5 Å². The summed E-state index contributed by atoms with van der Waals surface area (Å²) < 4.78 is 0. The molecule has 5 N–H and O–H groups in total. The normalized spacial score (nSPS) is 14.0. The number of hydrogen-bond donors (Lipinski definition) is 4. The molecule has 8 nitrogen and oxygen atoms in total. The second kappa shape index (κ2) is 5.83. The Morgan fingerprint density at radius 1 is 1.19 bits per heavy atom. The number of nitrogens with one attached hydrogen (secondary N) is 3. The molecule has 0 aliphatic heterocycles. The Morgan fingerprint density at radius 3 is 2.96 bits per heavy atom. The van der Waals surface area contributed by atoms with Crippen LogP contribution in [0.3, 0.4) is 0 Å². The van der Waals surface area contributed by atoms with Gasteiger partial charge >= 0.3 is 0 Å². The molecule has 0 radical (unpaired) electrons. The van der Waals surface area contributed by atoms with Crippen LogP contribution < -0.4 is 11.1 Å². The van der Waals surface area contributed by atoms with E-state index in [0.717, 1.165) is 33.5 Å². The van der Waals surface area contributed by atoms with Gasteiger partial charge in [-0.2, -0.15) is 10.1 Å². The Hall–Kier alpha value is -3.42. The molecular formula is C18H18N8. The zero-order valence-corrected chi connectivity index (χ0v) is 14.0. The lowest BCUT2D eigenvalue weighted by atomic mass is 10.2. The SMILES string of the molecule is Nc1nc(NCc2cnc3[nH]ccc3c2)ncc1-c1cc(C2CC2)[nH]n1. The number of hydrogen-bond acceptors (Lipinski definition) is 6. The summed E-state index contributed by atoms with van der Waals surface area (Å²) in [5, 5.41) is 11.7. The molecule has 4 heterocycles. The highest BCUT2D eigenvalue weighted by molar-refractivity contribution is 5.75. The molecule has 26 heavy (non-hydrogen) atoms. The molecule has 0 saturated heterocycles. The minimum absolute atomic E-state index is 0.413. The van der Waals surface area contributed by atoms with Crippen LogP contribution in [0, 0.1) is 0 Å². The maximum Gasteiger partial charge on any atom is 0.224 e. The summed E-state index contributed by atoms with van der Waals surface area (Å²) in [5.74, 6) is 1.51. The van der Waals surface area contributed by atoms with E-state index < -0.39 is 0 Å². The molecule has 130 valence electrons. The maximum atomic E-state index is 6.12. The summed E-state index contributed by atoms with van der Waals surface area (Å²) in [6, 6.07) is 6.11. The van der Waals surface area contributed by atoms with Gasteiger partial charge < -0.3 is 16.0 Å². The number of nitrogen functional groups attached to an aromatic ring is 1. The average Bonchev–Trinajstić information content (AvgIpc) is 3.20. The van der Waals surface area contributed by atoms with Crippen molar-refractivity contribution < 1.29 is 0 Å². The number of fused-ring (bicyclic) bond motifs is 1. The minimum atomic E-state index is 0.413. The van der Waals surface area contributed by atoms with Crippen LogP contribution in [-0.4, -0.2) is 30.1 Å². The van der Waals surface area contributed by atoms with Crippen LogP contribution in [-0.2, 0) is 6.54 Å². The topological polar surface area (TPSA) is 121 Å². The molecule has 0 atom stereocenters. The number of pyridine rings is 1. The van der Waals surface area contributed by atoms with Crippen molar-refractivity contribution in [2.45, 2.75) is 25.3 Å². The summed E-state index contributed by atoms with van der Waals surface area (Å²) in [5.41, 5.74) is 10.7. The van der Waals surface area contributed by atoms with Gasteiger partial charge in [-0.15, -0.1) is 0 Å². The molecule has 0 bridgehead atoms. The molecule has 0 unspecified atom stereocenters. The molecule has 0 spiro atoms. The fourth-order valence-electron chi connectivity index (χ4n) is 3.02. The highest BCUT2D eigenvalue weighted by atomic mass is 15.1. The van der Waals surface area contributed by atoms with Crippen LogP contribution in [0.2, 0.25) is 0 Å². The summed E-state index contributed by atoms with van der Waals surface area (Å²) in [4.78, 5) is 16.2. The number of H-pyrrole nitrogens is 2. The average molecular weight is 346 g/mol. The molecule has 5 rings (SSSR count). The number of aromatic nitrogens is 6. The Morgan fingerprint density at radius 2 is 2.12 bits per heavy atom. The quantitative estimate of drug-likeness (QED) is 0.441. The van der Waals surface area contributed by atoms with Crippen molar-refractivity contribution in [3.05, 3.63) is 48.0 Å². The first-order valence-electron chi connectivity index (χ1n) is 8.60. The van der Waals surface area contributed by atoms with Gasteiger partial charge in [0.2, 0.25) is 5.95 Å². The third-order valence-electron chi connectivity index (χ3n) is 4.62. The molecule has 1 aliphatic rings. The van der Waals surface area contributed by atoms with Crippen LogP contribution in [0.25, 0.3) is 22.3 Å². The molecule has 1 fully saturated rings. The van der Waals surface area contributed by atoms with Crippen LogP contribution in [0.1, 0.15) is 30.0 Å². The van der Waals surface area contributed by atoms with Gasteiger partial charge in [0.25, 0.3) is 0 Å². The number of rotatable bonds is 5. The summed E-state index contributed by atoms with van der Waals surface area (Å²) in [6.45, 7) is 0.571. The first-order chi connectivity index (χ1) is 12.8. The van der Waals surface area contributed by atoms with Gasteiger partial charge in [-0.1, -0.05) is 0 Å². The number of aromatic amines is 2. The van der Waals surface area contributed by atoms with Crippen LogP contribution in [0.15, 0.2) is 36.8 Å². The van der Waals surface area contributed by atoms with Crippen LogP contribution in [0.5, 0.6) is 0 Å². The second-order valence-corrected chi connectivity index (χ2v) is 6.59. The maximum absolute atomic E-state index is 6.12. The van der Waals surface area contributed by atoms with E-state index in [1.54, 1.807) is 6.20 Å². The molecule has 4 aromatic rings. The van der Waals surface area contributed by atoms with Crippen LogP contribution >= 0.6 is 0 Å². The van der Waals surface area contributed by atoms with Crippen molar-refractivity contribution in [2.24, 2.45) is 0 Å². The fraction of sp³-hybridized carbons (Fsp3) is 0.222. The standard InChI is InChI=1S/C18H18N8/c19-16-13(15-6-14(25-26-15)11-1-2-11)9-23-18(24-16)22-8-10-5-12-3-4-20-17(12)21-7-10/h3-7,9,11H,1-2,8H2,(H,20,21)(H,25,26)(H3,19,22,23,24). The fourth-order valence-corrected chi connectivity index (χ4v) is 3.02. The monoisotopic (exact) mass is 346 g/mol. The van der Waals surface area contributed by atoms with Crippen molar-refractivity contribution >= 4 is 22.8 Å². The van der Waals surface area contributed by atoms with E-state index in [1.807, 2.05) is 24.5 Å². The predicted octanol–water partition coefficient (Wildman–Crippen LogP) is 2.81. The predicted molar refractivity (Wildman–Crippen MR) is 99.4 cm³/mol. The summed E-state index contributed by atoms with van der Waals surface area (Å²) in [6.07, 6.45) is 7.86. The Bertz CT molecular complexity index is 1080. The van der Waals surface area contributed by atoms with E-state index >= 15 is 0 Å². The third-order valence-corrected chi connectivity index (χ3v) is 4.62. The zero-order valence-electron chi connectivity index (χ0n) is 14.0. The molecule has 1 aliphatic carbocycles. The Labute approximate surface area is 149 Å². The van der Waals surface area contributed by atoms with Crippen molar-refractivity contribution in [1.82, 2.24) is 30.1 Å². The van der Waals surface area contributed by atoms with Gasteiger partial charge in [0, 0.05) is 42.1 Å². The lowest BCUT2D eigenvalue weighted by Gasteiger charge is -2.07. The minimum Gasteiger partial charge on any atom is -0.383 e. The van der Waals surface area contributed by atoms with E-state index in [-0.39, 0.29) is 0 Å². The third kappa shape index (κ3) is 2.75.